The van der Waals surface area contributed by atoms with E-state index in [0.717, 1.165) is 16.8 Å². The Morgan fingerprint density at radius 3 is 2.44 bits per heavy atom. The Labute approximate surface area is 191 Å². The fraction of sp³-hybridized carbons (Fsp3) is 0.250. The summed E-state index contributed by atoms with van der Waals surface area (Å²) in [5.41, 5.74) is 5.77. The SMILES string of the molecule is CONC(C)=C(Cc1ccc(OCc2nc(-c3ccc(SC)cc3)oc2C)cc1)C(=O)O. The van der Waals surface area contributed by atoms with Crippen LogP contribution in [0.25, 0.3) is 11.5 Å². The Morgan fingerprint density at radius 1 is 1.16 bits per heavy atom. The fourth-order valence-electron chi connectivity index (χ4n) is 3.06. The maximum Gasteiger partial charge on any atom is 0.333 e. The molecular formula is C24H26N2O5S. The number of hydrogen-bond acceptors (Lipinski definition) is 7. The number of allylic oxidation sites excluding steroid dienone is 1. The monoisotopic (exact) mass is 454 g/mol. The van der Waals surface area contributed by atoms with Crippen molar-refractivity contribution in [3.63, 3.8) is 0 Å². The number of hydrogen-bond donors (Lipinski definition) is 2. The first-order valence-electron chi connectivity index (χ1n) is 9.95. The minimum Gasteiger partial charge on any atom is -0.487 e. The highest BCUT2D eigenvalue weighted by Gasteiger charge is 2.14. The maximum absolute atomic E-state index is 11.5. The molecule has 8 heteroatoms. The molecule has 0 saturated carbocycles. The summed E-state index contributed by atoms with van der Waals surface area (Å²) in [7, 11) is 1.44. The van der Waals surface area contributed by atoms with Crippen LogP contribution in [0.2, 0.25) is 0 Å². The molecule has 0 fully saturated rings. The van der Waals surface area contributed by atoms with Crippen molar-refractivity contribution < 1.29 is 23.9 Å². The third-order valence-corrected chi connectivity index (χ3v) is 5.62. The molecule has 1 aromatic heterocycles. The van der Waals surface area contributed by atoms with Crippen LogP contribution >= 0.6 is 11.8 Å². The van der Waals surface area contributed by atoms with E-state index in [2.05, 4.69) is 10.5 Å². The molecule has 0 saturated heterocycles. The van der Waals surface area contributed by atoms with E-state index in [0.29, 0.717) is 23.1 Å². The minimum atomic E-state index is -0.993. The molecule has 0 spiro atoms. The number of carboxylic acid groups (broad SMARTS) is 1. The third kappa shape index (κ3) is 5.93. The summed E-state index contributed by atoms with van der Waals surface area (Å²) in [5, 5.41) is 9.44. The van der Waals surface area contributed by atoms with Crippen molar-refractivity contribution in [2.24, 2.45) is 0 Å². The molecule has 0 unspecified atom stereocenters. The summed E-state index contributed by atoms with van der Waals surface area (Å²) in [5.74, 6) is 0.947. The standard InChI is InChI=1S/C24H26N2O5S/c1-15(26-29-3)21(24(27)28)13-17-5-9-19(10-6-17)30-14-22-16(2)31-23(25-22)18-7-11-20(32-4)12-8-18/h5-12,26H,13-14H2,1-4H3,(H,27,28). The van der Waals surface area contributed by atoms with Crippen LogP contribution in [0, 0.1) is 6.92 Å². The smallest absolute Gasteiger partial charge is 0.333 e. The highest BCUT2D eigenvalue weighted by atomic mass is 32.2. The van der Waals surface area contributed by atoms with Crippen LogP contribution in [-0.4, -0.2) is 29.4 Å². The van der Waals surface area contributed by atoms with Crippen molar-refractivity contribution in [3.8, 4) is 17.2 Å². The molecule has 0 amide bonds. The molecule has 0 atom stereocenters. The van der Waals surface area contributed by atoms with Gasteiger partial charge in [0.2, 0.25) is 5.89 Å². The molecule has 0 aliphatic carbocycles. The molecule has 32 heavy (non-hydrogen) atoms. The van der Waals surface area contributed by atoms with E-state index >= 15 is 0 Å². The second kappa shape index (κ2) is 10.9. The number of carboxylic acids is 1. The molecule has 2 N–H and O–H groups in total. The number of carbonyl (C=O) groups is 1. The van der Waals surface area contributed by atoms with Crippen molar-refractivity contribution in [1.82, 2.24) is 10.5 Å². The lowest BCUT2D eigenvalue weighted by Gasteiger charge is -2.10. The topological polar surface area (TPSA) is 93.8 Å². The average molecular weight is 455 g/mol. The van der Waals surface area contributed by atoms with Crippen molar-refractivity contribution in [2.75, 3.05) is 13.4 Å². The van der Waals surface area contributed by atoms with Gasteiger partial charge in [-0.05, 0) is 62.1 Å². The summed E-state index contributed by atoms with van der Waals surface area (Å²) in [6.07, 6.45) is 2.30. The van der Waals surface area contributed by atoms with Crippen LogP contribution in [0.15, 0.2) is 69.1 Å². The van der Waals surface area contributed by atoms with E-state index in [-0.39, 0.29) is 18.6 Å². The number of oxazole rings is 1. The second-order valence-electron chi connectivity index (χ2n) is 7.07. The first kappa shape index (κ1) is 23.4. The van der Waals surface area contributed by atoms with E-state index in [1.807, 2.05) is 61.7 Å². The molecular weight excluding hydrogens is 428 g/mol. The van der Waals surface area contributed by atoms with Crippen LogP contribution in [0.4, 0.5) is 0 Å². The van der Waals surface area contributed by atoms with Crippen molar-refractivity contribution in [2.45, 2.75) is 31.8 Å². The first-order chi connectivity index (χ1) is 15.4. The van der Waals surface area contributed by atoms with Gasteiger partial charge in [0, 0.05) is 22.6 Å². The van der Waals surface area contributed by atoms with E-state index in [4.69, 9.17) is 14.0 Å². The fourth-order valence-corrected chi connectivity index (χ4v) is 3.47. The number of aryl methyl sites for hydroxylation is 1. The van der Waals surface area contributed by atoms with Gasteiger partial charge in [-0.3, -0.25) is 10.3 Å². The van der Waals surface area contributed by atoms with Crippen LogP contribution in [-0.2, 0) is 22.7 Å². The van der Waals surface area contributed by atoms with Gasteiger partial charge in [0.15, 0.2) is 0 Å². The number of rotatable bonds is 10. The van der Waals surface area contributed by atoms with Crippen LogP contribution < -0.4 is 10.2 Å². The van der Waals surface area contributed by atoms with E-state index in [1.165, 1.54) is 12.0 Å². The van der Waals surface area contributed by atoms with Crippen LogP contribution in [0.3, 0.4) is 0 Å². The molecule has 2 aromatic carbocycles. The van der Waals surface area contributed by atoms with Gasteiger partial charge < -0.3 is 14.3 Å². The molecule has 1 heterocycles. The predicted octanol–water partition coefficient (Wildman–Crippen LogP) is 5.00. The number of hydroxylamine groups is 1. The Morgan fingerprint density at radius 2 is 1.84 bits per heavy atom. The Kier molecular flexibility index (Phi) is 7.97. The largest absolute Gasteiger partial charge is 0.487 e. The summed E-state index contributed by atoms with van der Waals surface area (Å²) in [4.78, 5) is 22.1. The molecule has 0 radical (unpaired) electrons. The zero-order valence-electron chi connectivity index (χ0n) is 18.5. The molecule has 0 aliphatic heterocycles. The van der Waals surface area contributed by atoms with Gasteiger partial charge in [-0.2, -0.15) is 0 Å². The number of nitrogens with zero attached hydrogens (tertiary/aromatic N) is 1. The van der Waals surface area contributed by atoms with Crippen LogP contribution in [0.1, 0.15) is 23.9 Å². The van der Waals surface area contributed by atoms with Gasteiger partial charge in [0.25, 0.3) is 0 Å². The first-order valence-corrected chi connectivity index (χ1v) is 11.2. The van der Waals surface area contributed by atoms with Crippen molar-refractivity contribution in [3.05, 3.63) is 76.8 Å². The molecule has 7 nitrogen and oxygen atoms in total. The second-order valence-corrected chi connectivity index (χ2v) is 7.95. The Hall–Kier alpha value is -3.23. The van der Waals surface area contributed by atoms with Gasteiger partial charge >= 0.3 is 5.97 Å². The summed E-state index contributed by atoms with van der Waals surface area (Å²) >= 11 is 1.68. The maximum atomic E-state index is 11.5. The predicted molar refractivity (Wildman–Crippen MR) is 123 cm³/mol. The van der Waals surface area contributed by atoms with Crippen molar-refractivity contribution in [1.29, 1.82) is 0 Å². The lowest BCUT2D eigenvalue weighted by atomic mass is 10.0. The van der Waals surface area contributed by atoms with Gasteiger partial charge in [-0.15, -0.1) is 11.8 Å². The average Bonchev–Trinajstić information content (AvgIpc) is 3.17. The molecule has 0 bridgehead atoms. The number of aliphatic carboxylic acids is 1. The van der Waals surface area contributed by atoms with E-state index in [1.54, 1.807) is 18.7 Å². The Balaban J connectivity index is 1.64. The summed E-state index contributed by atoms with van der Waals surface area (Å²) in [6.45, 7) is 3.80. The lowest BCUT2D eigenvalue weighted by molar-refractivity contribution is -0.132. The molecule has 3 rings (SSSR count). The zero-order valence-corrected chi connectivity index (χ0v) is 19.3. The van der Waals surface area contributed by atoms with Gasteiger partial charge in [0.1, 0.15) is 23.8 Å². The quantitative estimate of drug-likeness (QED) is 0.251. The summed E-state index contributed by atoms with van der Waals surface area (Å²) < 4.78 is 11.7. The molecule has 0 aliphatic rings. The molecule has 3 aromatic rings. The number of ether oxygens (including phenoxy) is 1. The number of benzene rings is 2. The summed E-state index contributed by atoms with van der Waals surface area (Å²) in [6, 6.07) is 15.4. The normalized spacial score (nSPS) is 11.8. The van der Waals surface area contributed by atoms with Crippen LogP contribution in [0.5, 0.6) is 5.75 Å². The highest BCUT2D eigenvalue weighted by Crippen LogP contribution is 2.25. The third-order valence-electron chi connectivity index (χ3n) is 4.88. The number of thioether (sulfide) groups is 1. The molecule has 168 valence electrons. The highest BCUT2D eigenvalue weighted by molar-refractivity contribution is 7.98. The van der Waals surface area contributed by atoms with Gasteiger partial charge in [-0.25, -0.2) is 9.78 Å². The number of aromatic nitrogens is 1. The van der Waals surface area contributed by atoms with E-state index in [9.17, 15) is 9.90 Å². The minimum absolute atomic E-state index is 0.233. The lowest BCUT2D eigenvalue weighted by Crippen LogP contribution is -2.16. The van der Waals surface area contributed by atoms with Gasteiger partial charge in [-0.1, -0.05) is 12.1 Å². The van der Waals surface area contributed by atoms with E-state index < -0.39 is 5.97 Å². The Bertz CT molecular complexity index is 1090. The zero-order chi connectivity index (χ0) is 23.1. The number of nitrogens with one attached hydrogen (secondary N) is 1. The van der Waals surface area contributed by atoms with Crippen molar-refractivity contribution >= 4 is 17.7 Å². The van der Waals surface area contributed by atoms with Gasteiger partial charge in [0.05, 0.1) is 12.7 Å².